The first-order valence-corrected chi connectivity index (χ1v) is 9.65. The number of carbonyl (C=O) groups is 2. The van der Waals surface area contributed by atoms with Gasteiger partial charge >= 0.3 is 5.97 Å². The number of carbonyl (C=O) groups excluding carboxylic acids is 2. The van der Waals surface area contributed by atoms with Gasteiger partial charge in [-0.05, 0) is 30.2 Å². The third-order valence-electron chi connectivity index (χ3n) is 4.81. The quantitative estimate of drug-likeness (QED) is 0.630. The minimum absolute atomic E-state index is 0.0837. The number of ether oxygens (including phenoxy) is 2. The molecule has 0 fully saturated rings. The lowest BCUT2D eigenvalue weighted by molar-refractivity contribution is -0.140. The van der Waals surface area contributed by atoms with Gasteiger partial charge in [-0.3, -0.25) is 4.79 Å². The molecule has 1 aromatic heterocycles. The standard InChI is InChI=1S/C20H25NO4S/c1-12-16(19(23)25-8-7-24-4)18(15-6-5-9-26-15)17-13(21-12)10-20(2,3)11-14(17)22/h5-6,9,18,21H,7-8,10-11H2,1-4H3. The first-order valence-electron chi connectivity index (χ1n) is 8.77. The molecule has 6 heteroatoms. The van der Waals surface area contributed by atoms with Crippen molar-refractivity contribution < 1.29 is 19.1 Å². The molecule has 1 aliphatic heterocycles. The highest BCUT2D eigenvalue weighted by atomic mass is 32.1. The van der Waals surface area contributed by atoms with Crippen molar-refractivity contribution in [3.05, 3.63) is 44.9 Å². The maximum atomic E-state index is 13.0. The first kappa shape index (κ1) is 18.9. The number of allylic oxidation sites excluding steroid dienone is 3. The van der Waals surface area contributed by atoms with E-state index in [-0.39, 0.29) is 23.7 Å². The van der Waals surface area contributed by atoms with Gasteiger partial charge in [0.1, 0.15) is 6.61 Å². The second-order valence-electron chi connectivity index (χ2n) is 7.57. The predicted molar refractivity (Wildman–Crippen MR) is 101 cm³/mol. The molecule has 0 bridgehead atoms. The van der Waals surface area contributed by atoms with E-state index >= 15 is 0 Å². The van der Waals surface area contributed by atoms with Gasteiger partial charge in [0.2, 0.25) is 0 Å². The van der Waals surface area contributed by atoms with Crippen molar-refractivity contribution in [1.82, 2.24) is 5.32 Å². The summed E-state index contributed by atoms with van der Waals surface area (Å²) in [6.45, 7) is 6.62. The van der Waals surface area contributed by atoms with Gasteiger partial charge in [0, 0.05) is 35.4 Å². The van der Waals surface area contributed by atoms with Crippen LogP contribution in [-0.2, 0) is 19.1 Å². The fourth-order valence-electron chi connectivity index (χ4n) is 3.74. The summed E-state index contributed by atoms with van der Waals surface area (Å²) < 4.78 is 10.3. The topological polar surface area (TPSA) is 64.6 Å². The smallest absolute Gasteiger partial charge is 0.336 e. The highest BCUT2D eigenvalue weighted by Crippen LogP contribution is 2.47. The number of hydrogen-bond acceptors (Lipinski definition) is 6. The number of dihydropyridines is 1. The van der Waals surface area contributed by atoms with Crippen molar-refractivity contribution in [2.45, 2.75) is 39.5 Å². The van der Waals surface area contributed by atoms with Gasteiger partial charge in [-0.2, -0.15) is 0 Å². The van der Waals surface area contributed by atoms with E-state index in [0.717, 1.165) is 28.3 Å². The van der Waals surface area contributed by atoms with Crippen molar-refractivity contribution in [2.24, 2.45) is 5.41 Å². The molecule has 140 valence electrons. The molecule has 26 heavy (non-hydrogen) atoms. The van der Waals surface area contributed by atoms with Gasteiger partial charge in [0.25, 0.3) is 0 Å². The Labute approximate surface area is 158 Å². The number of nitrogens with one attached hydrogen (secondary N) is 1. The van der Waals surface area contributed by atoms with Crippen LogP contribution in [0.5, 0.6) is 0 Å². The molecule has 0 radical (unpaired) electrons. The lowest BCUT2D eigenvalue weighted by Gasteiger charge is -2.39. The van der Waals surface area contributed by atoms with E-state index in [0.29, 0.717) is 18.6 Å². The Hall–Kier alpha value is -1.92. The average Bonchev–Trinajstić information content (AvgIpc) is 3.06. The lowest BCUT2D eigenvalue weighted by atomic mass is 9.70. The van der Waals surface area contributed by atoms with Gasteiger partial charge < -0.3 is 14.8 Å². The van der Waals surface area contributed by atoms with E-state index in [1.165, 1.54) is 0 Å². The average molecular weight is 375 g/mol. The first-order chi connectivity index (χ1) is 12.3. The normalized spacial score (nSPS) is 22.2. The lowest BCUT2D eigenvalue weighted by Crippen LogP contribution is -2.38. The van der Waals surface area contributed by atoms with Gasteiger partial charge in [0.05, 0.1) is 18.1 Å². The number of hydrogen-bond donors (Lipinski definition) is 1. The Kier molecular flexibility index (Phi) is 5.34. The van der Waals surface area contributed by atoms with Crippen molar-refractivity contribution in [3.8, 4) is 0 Å². The van der Waals surface area contributed by atoms with Crippen LogP contribution in [-0.4, -0.2) is 32.1 Å². The van der Waals surface area contributed by atoms with E-state index < -0.39 is 5.97 Å². The molecule has 5 nitrogen and oxygen atoms in total. The number of ketones is 1. The Morgan fingerprint density at radius 1 is 1.35 bits per heavy atom. The number of thiophene rings is 1. The summed E-state index contributed by atoms with van der Waals surface area (Å²) in [4.78, 5) is 26.8. The van der Waals surface area contributed by atoms with Crippen molar-refractivity contribution >= 4 is 23.1 Å². The number of Topliss-reactive ketones (excluding diaryl/α,β-unsaturated/α-hetero) is 1. The fourth-order valence-corrected chi connectivity index (χ4v) is 4.59. The molecule has 0 aromatic carbocycles. The van der Waals surface area contributed by atoms with Gasteiger partial charge in [-0.15, -0.1) is 11.3 Å². The van der Waals surface area contributed by atoms with Crippen LogP contribution in [0.3, 0.4) is 0 Å². The molecule has 3 rings (SSSR count). The zero-order valence-electron chi connectivity index (χ0n) is 15.7. The summed E-state index contributed by atoms with van der Waals surface area (Å²) in [6.07, 6.45) is 1.28. The molecule has 1 aliphatic carbocycles. The van der Waals surface area contributed by atoms with E-state index in [2.05, 4.69) is 19.2 Å². The summed E-state index contributed by atoms with van der Waals surface area (Å²) in [7, 11) is 1.56. The Morgan fingerprint density at radius 2 is 2.12 bits per heavy atom. The number of esters is 1. The predicted octanol–water partition coefficient (Wildman–Crippen LogP) is 3.54. The Bertz CT molecular complexity index is 774. The SMILES string of the molecule is COCCOC(=O)C1=C(C)NC2=C(C(=O)CC(C)(C)C2)C1c1cccs1. The van der Waals surface area contributed by atoms with E-state index in [9.17, 15) is 9.59 Å². The van der Waals surface area contributed by atoms with E-state index in [1.807, 2.05) is 24.4 Å². The van der Waals surface area contributed by atoms with E-state index in [1.54, 1.807) is 18.4 Å². The van der Waals surface area contributed by atoms with Crippen LogP contribution in [0.2, 0.25) is 0 Å². The van der Waals surface area contributed by atoms with Crippen molar-refractivity contribution in [1.29, 1.82) is 0 Å². The second kappa shape index (κ2) is 7.37. The van der Waals surface area contributed by atoms with Gasteiger partial charge in [-0.1, -0.05) is 19.9 Å². The Morgan fingerprint density at radius 3 is 2.77 bits per heavy atom. The molecule has 1 aromatic rings. The van der Waals surface area contributed by atoms with Crippen LogP contribution >= 0.6 is 11.3 Å². The van der Waals surface area contributed by atoms with Gasteiger partial charge in [0.15, 0.2) is 5.78 Å². The summed E-state index contributed by atoms with van der Waals surface area (Å²) in [5.74, 6) is -0.642. The molecule has 0 amide bonds. The van der Waals surface area contributed by atoms with Crippen LogP contribution in [0, 0.1) is 5.41 Å². The number of rotatable bonds is 5. The monoisotopic (exact) mass is 375 g/mol. The zero-order chi connectivity index (χ0) is 18.9. The largest absolute Gasteiger partial charge is 0.460 e. The maximum Gasteiger partial charge on any atom is 0.336 e. The minimum Gasteiger partial charge on any atom is -0.460 e. The van der Waals surface area contributed by atoms with Crippen molar-refractivity contribution in [2.75, 3.05) is 20.3 Å². The summed E-state index contributed by atoms with van der Waals surface area (Å²) in [6, 6.07) is 3.93. The number of methoxy groups -OCH3 is 1. The van der Waals surface area contributed by atoms with Crippen LogP contribution in [0.25, 0.3) is 0 Å². The molecule has 0 spiro atoms. The third kappa shape index (κ3) is 3.62. The summed E-state index contributed by atoms with van der Waals surface area (Å²) in [5, 5.41) is 5.30. The van der Waals surface area contributed by atoms with Crippen LogP contribution < -0.4 is 5.32 Å². The minimum atomic E-state index is -0.394. The molecular weight excluding hydrogens is 350 g/mol. The van der Waals surface area contributed by atoms with Crippen molar-refractivity contribution in [3.63, 3.8) is 0 Å². The molecule has 1 atom stereocenters. The zero-order valence-corrected chi connectivity index (χ0v) is 16.5. The van der Waals surface area contributed by atoms with Crippen LogP contribution in [0.15, 0.2) is 40.1 Å². The van der Waals surface area contributed by atoms with E-state index in [4.69, 9.17) is 9.47 Å². The maximum absolute atomic E-state index is 13.0. The molecule has 1 N–H and O–H groups in total. The molecule has 0 saturated heterocycles. The van der Waals surface area contributed by atoms with Gasteiger partial charge in [-0.25, -0.2) is 4.79 Å². The highest BCUT2D eigenvalue weighted by molar-refractivity contribution is 7.10. The summed E-state index contributed by atoms with van der Waals surface area (Å²) in [5.41, 5.74) is 2.86. The highest BCUT2D eigenvalue weighted by Gasteiger charge is 2.43. The Balaban J connectivity index is 2.02. The molecule has 2 heterocycles. The second-order valence-corrected chi connectivity index (χ2v) is 8.55. The summed E-state index contributed by atoms with van der Waals surface area (Å²) >= 11 is 1.56. The van der Waals surface area contributed by atoms with Crippen LogP contribution in [0.1, 0.15) is 44.4 Å². The molecule has 0 saturated carbocycles. The molecule has 2 aliphatic rings. The molecular formula is C20H25NO4S. The third-order valence-corrected chi connectivity index (χ3v) is 5.75. The van der Waals surface area contributed by atoms with Crippen LogP contribution in [0.4, 0.5) is 0 Å². The molecule has 1 unspecified atom stereocenters. The fraction of sp³-hybridized carbons (Fsp3) is 0.500.